The number of ether oxygens (including phenoxy) is 2. The van der Waals surface area contributed by atoms with Gasteiger partial charge in [-0.2, -0.15) is 0 Å². The van der Waals surface area contributed by atoms with Crippen LogP contribution in [0.2, 0.25) is 0 Å². The fraction of sp³-hybridized carbons (Fsp3) is 0.222. The largest absolute Gasteiger partial charge is 0.493 e. The highest BCUT2D eigenvalue weighted by Gasteiger charge is 2.25. The van der Waals surface area contributed by atoms with Crippen LogP contribution in [0.15, 0.2) is 48.5 Å². The number of hydrogen-bond acceptors (Lipinski definition) is 4. The second-order valence-corrected chi connectivity index (χ2v) is 5.78. The third-order valence-electron chi connectivity index (χ3n) is 3.74. The SMILES string of the molecule is COc1cc(CN2C(=O)CNC2=S)ccc1OCc1ccccc1. The van der Waals surface area contributed by atoms with Gasteiger partial charge < -0.3 is 14.8 Å². The average molecular weight is 342 g/mol. The lowest BCUT2D eigenvalue weighted by atomic mass is 10.2. The molecule has 0 atom stereocenters. The number of amides is 1. The van der Waals surface area contributed by atoms with Crippen molar-refractivity contribution in [3.63, 3.8) is 0 Å². The molecule has 3 rings (SSSR count). The summed E-state index contributed by atoms with van der Waals surface area (Å²) in [5.74, 6) is 1.27. The number of carbonyl (C=O) groups is 1. The van der Waals surface area contributed by atoms with Gasteiger partial charge in [-0.3, -0.25) is 9.69 Å². The Labute approximate surface area is 146 Å². The zero-order valence-corrected chi connectivity index (χ0v) is 14.1. The molecule has 24 heavy (non-hydrogen) atoms. The second kappa shape index (κ2) is 7.31. The van der Waals surface area contributed by atoms with Gasteiger partial charge in [0.25, 0.3) is 0 Å². The molecule has 0 unspecified atom stereocenters. The van der Waals surface area contributed by atoms with E-state index in [0.717, 1.165) is 11.1 Å². The highest BCUT2D eigenvalue weighted by Crippen LogP contribution is 2.29. The standard InChI is InChI=1S/C18H18N2O3S/c1-22-16-9-14(11-20-17(21)10-19-18(20)24)7-8-15(16)23-12-13-5-3-2-4-6-13/h2-9H,10-12H2,1H3,(H,19,24). The van der Waals surface area contributed by atoms with Crippen molar-refractivity contribution in [2.45, 2.75) is 13.2 Å². The topological polar surface area (TPSA) is 50.8 Å². The Kier molecular flexibility index (Phi) is 4.96. The summed E-state index contributed by atoms with van der Waals surface area (Å²) in [5, 5.41) is 3.33. The van der Waals surface area contributed by atoms with E-state index < -0.39 is 0 Å². The third kappa shape index (κ3) is 3.65. The lowest BCUT2D eigenvalue weighted by Crippen LogP contribution is -2.30. The maximum atomic E-state index is 11.8. The van der Waals surface area contributed by atoms with Crippen molar-refractivity contribution < 1.29 is 14.3 Å². The maximum Gasteiger partial charge on any atom is 0.248 e. The van der Waals surface area contributed by atoms with Gasteiger partial charge in [-0.05, 0) is 35.5 Å². The van der Waals surface area contributed by atoms with E-state index in [0.29, 0.717) is 29.8 Å². The Bertz CT molecular complexity index is 733. The van der Waals surface area contributed by atoms with Crippen molar-refractivity contribution in [2.24, 2.45) is 0 Å². The molecule has 1 fully saturated rings. The van der Waals surface area contributed by atoms with Crippen LogP contribution >= 0.6 is 12.2 Å². The number of rotatable bonds is 6. The van der Waals surface area contributed by atoms with Gasteiger partial charge in [-0.25, -0.2) is 0 Å². The minimum Gasteiger partial charge on any atom is -0.493 e. The second-order valence-electron chi connectivity index (χ2n) is 5.40. The number of benzene rings is 2. The molecule has 1 aliphatic rings. The highest BCUT2D eigenvalue weighted by atomic mass is 32.1. The first-order chi connectivity index (χ1) is 11.7. The van der Waals surface area contributed by atoms with Crippen LogP contribution in [-0.4, -0.2) is 29.6 Å². The highest BCUT2D eigenvalue weighted by molar-refractivity contribution is 7.80. The number of carbonyl (C=O) groups excluding carboxylic acids is 1. The summed E-state index contributed by atoms with van der Waals surface area (Å²) >= 11 is 5.14. The minimum absolute atomic E-state index is 0.0247. The lowest BCUT2D eigenvalue weighted by Gasteiger charge is -2.16. The van der Waals surface area contributed by atoms with Crippen LogP contribution in [0, 0.1) is 0 Å². The quantitative estimate of drug-likeness (QED) is 0.818. The van der Waals surface area contributed by atoms with E-state index >= 15 is 0 Å². The zero-order chi connectivity index (χ0) is 16.9. The van der Waals surface area contributed by atoms with Crippen molar-refractivity contribution in [2.75, 3.05) is 13.7 Å². The van der Waals surface area contributed by atoms with Gasteiger partial charge in [0.15, 0.2) is 16.6 Å². The molecular weight excluding hydrogens is 324 g/mol. The van der Waals surface area contributed by atoms with E-state index in [2.05, 4.69) is 5.32 Å². The van der Waals surface area contributed by atoms with E-state index in [1.54, 1.807) is 12.0 Å². The number of nitrogens with one attached hydrogen (secondary N) is 1. The number of nitrogens with zero attached hydrogens (tertiary/aromatic N) is 1. The van der Waals surface area contributed by atoms with E-state index in [1.165, 1.54) is 0 Å². The number of hydrogen-bond donors (Lipinski definition) is 1. The molecule has 1 heterocycles. The summed E-state index contributed by atoms with van der Waals surface area (Å²) in [6.07, 6.45) is 0. The van der Waals surface area contributed by atoms with Crippen LogP contribution in [0.5, 0.6) is 11.5 Å². The molecule has 0 aromatic heterocycles. The van der Waals surface area contributed by atoms with Gasteiger partial charge in [0.1, 0.15) is 6.61 Å². The zero-order valence-electron chi connectivity index (χ0n) is 13.3. The molecule has 6 heteroatoms. The van der Waals surface area contributed by atoms with Gasteiger partial charge in [0, 0.05) is 0 Å². The predicted octanol–water partition coefficient (Wildman–Crippen LogP) is 2.49. The van der Waals surface area contributed by atoms with E-state index in [-0.39, 0.29) is 12.5 Å². The molecule has 124 valence electrons. The lowest BCUT2D eigenvalue weighted by molar-refractivity contribution is -0.124. The smallest absolute Gasteiger partial charge is 0.248 e. The van der Waals surface area contributed by atoms with E-state index in [9.17, 15) is 4.79 Å². The van der Waals surface area contributed by atoms with Crippen LogP contribution in [0.25, 0.3) is 0 Å². The van der Waals surface area contributed by atoms with Crippen molar-refractivity contribution in [1.29, 1.82) is 0 Å². The average Bonchev–Trinajstić information content (AvgIpc) is 2.93. The number of thiocarbonyl (C=S) groups is 1. The summed E-state index contributed by atoms with van der Waals surface area (Å²) in [4.78, 5) is 13.3. The summed E-state index contributed by atoms with van der Waals surface area (Å²) in [5.41, 5.74) is 2.01. The Morgan fingerprint density at radius 3 is 2.58 bits per heavy atom. The van der Waals surface area contributed by atoms with Crippen molar-refractivity contribution >= 4 is 23.2 Å². The third-order valence-corrected chi connectivity index (χ3v) is 4.11. The number of methoxy groups -OCH3 is 1. The molecule has 1 N–H and O–H groups in total. The van der Waals surface area contributed by atoms with E-state index in [1.807, 2.05) is 48.5 Å². The Balaban J connectivity index is 1.71. The fourth-order valence-corrected chi connectivity index (χ4v) is 2.70. The van der Waals surface area contributed by atoms with Gasteiger partial charge in [0.2, 0.25) is 5.91 Å². The first kappa shape index (κ1) is 16.3. The molecule has 0 bridgehead atoms. The van der Waals surface area contributed by atoms with Crippen molar-refractivity contribution in [1.82, 2.24) is 10.2 Å². The molecule has 1 amide bonds. The molecule has 0 saturated carbocycles. The molecule has 0 spiro atoms. The summed E-state index contributed by atoms with van der Waals surface area (Å²) in [6.45, 7) is 1.14. The predicted molar refractivity (Wildman–Crippen MR) is 94.9 cm³/mol. The first-order valence-electron chi connectivity index (χ1n) is 7.59. The van der Waals surface area contributed by atoms with Crippen LogP contribution < -0.4 is 14.8 Å². The Morgan fingerprint density at radius 1 is 1.12 bits per heavy atom. The van der Waals surface area contributed by atoms with Gasteiger partial charge in [-0.1, -0.05) is 36.4 Å². The molecule has 1 saturated heterocycles. The van der Waals surface area contributed by atoms with Gasteiger partial charge in [0.05, 0.1) is 20.2 Å². The molecule has 0 aliphatic carbocycles. The van der Waals surface area contributed by atoms with Crippen LogP contribution in [0.1, 0.15) is 11.1 Å². The van der Waals surface area contributed by atoms with Gasteiger partial charge in [-0.15, -0.1) is 0 Å². The van der Waals surface area contributed by atoms with Crippen molar-refractivity contribution in [3.8, 4) is 11.5 Å². The van der Waals surface area contributed by atoms with Crippen LogP contribution in [-0.2, 0) is 17.9 Å². The molecule has 5 nitrogen and oxygen atoms in total. The fourth-order valence-electron chi connectivity index (χ4n) is 2.46. The molecule has 0 radical (unpaired) electrons. The molecule has 1 aliphatic heterocycles. The summed E-state index contributed by atoms with van der Waals surface area (Å²) < 4.78 is 11.3. The van der Waals surface area contributed by atoms with Crippen molar-refractivity contribution in [3.05, 3.63) is 59.7 Å². The molecule has 2 aromatic rings. The Hall–Kier alpha value is -2.60. The van der Waals surface area contributed by atoms with Crippen LogP contribution in [0.4, 0.5) is 0 Å². The Morgan fingerprint density at radius 2 is 1.92 bits per heavy atom. The van der Waals surface area contributed by atoms with Crippen LogP contribution in [0.3, 0.4) is 0 Å². The monoisotopic (exact) mass is 342 g/mol. The minimum atomic E-state index is -0.0247. The maximum absolute atomic E-state index is 11.8. The molecule has 2 aromatic carbocycles. The van der Waals surface area contributed by atoms with Gasteiger partial charge >= 0.3 is 0 Å². The summed E-state index contributed by atoms with van der Waals surface area (Å²) in [7, 11) is 1.60. The molecular formula is C18H18N2O3S. The normalized spacial score (nSPS) is 13.8. The first-order valence-corrected chi connectivity index (χ1v) is 8.00. The van der Waals surface area contributed by atoms with E-state index in [4.69, 9.17) is 21.7 Å². The summed E-state index contributed by atoms with van der Waals surface area (Å²) in [6, 6.07) is 15.6.